The van der Waals surface area contributed by atoms with Gasteiger partial charge in [0.1, 0.15) is 0 Å². The highest BCUT2D eigenvalue weighted by atomic mass is 16.5. The number of ether oxygens (including phenoxy) is 1. The van der Waals surface area contributed by atoms with E-state index in [-0.39, 0.29) is 18.4 Å². The smallest absolute Gasteiger partial charge is 0.243 e. The maximum atomic E-state index is 12.1. The fourth-order valence-electron chi connectivity index (χ4n) is 2.28. The van der Waals surface area contributed by atoms with Gasteiger partial charge in [-0.25, -0.2) is 0 Å². The Morgan fingerprint density at radius 1 is 1.17 bits per heavy atom. The Kier molecular flexibility index (Phi) is 5.60. The number of benzene rings is 1. The highest BCUT2D eigenvalue weighted by Crippen LogP contribution is 2.26. The Labute approximate surface area is 137 Å². The van der Waals surface area contributed by atoms with Crippen LogP contribution in [0.2, 0.25) is 0 Å². The summed E-state index contributed by atoms with van der Waals surface area (Å²) in [6.07, 6.45) is 0. The van der Waals surface area contributed by atoms with Crippen molar-refractivity contribution in [2.24, 2.45) is 5.41 Å². The van der Waals surface area contributed by atoms with Gasteiger partial charge in [0.05, 0.1) is 31.1 Å². The summed E-state index contributed by atoms with van der Waals surface area (Å²) >= 11 is 0. The summed E-state index contributed by atoms with van der Waals surface area (Å²) in [6, 6.07) is 7.68. The van der Waals surface area contributed by atoms with Crippen LogP contribution in [0, 0.1) is 5.41 Å². The Hall–Kier alpha value is -2.08. The van der Waals surface area contributed by atoms with Crippen molar-refractivity contribution >= 4 is 23.2 Å². The Morgan fingerprint density at radius 3 is 2.48 bits per heavy atom. The quantitative estimate of drug-likeness (QED) is 0.885. The molecule has 23 heavy (non-hydrogen) atoms. The molecule has 1 heterocycles. The van der Waals surface area contributed by atoms with Gasteiger partial charge in [-0.15, -0.1) is 0 Å². The average Bonchev–Trinajstić information content (AvgIpc) is 2.53. The third kappa shape index (κ3) is 4.96. The molecule has 0 radical (unpaired) electrons. The molecule has 2 N–H and O–H groups in total. The summed E-state index contributed by atoms with van der Waals surface area (Å²) in [6.45, 7) is 8.37. The average molecular weight is 319 g/mol. The lowest BCUT2D eigenvalue weighted by atomic mass is 9.96. The number of morpholine rings is 1. The van der Waals surface area contributed by atoms with Crippen molar-refractivity contribution in [3.63, 3.8) is 0 Å². The molecule has 0 saturated carbocycles. The van der Waals surface area contributed by atoms with E-state index in [1.165, 1.54) is 0 Å². The Bertz CT molecular complexity index is 560. The number of para-hydroxylation sites is 2. The molecule has 0 bridgehead atoms. The summed E-state index contributed by atoms with van der Waals surface area (Å²) < 4.78 is 5.36. The van der Waals surface area contributed by atoms with Gasteiger partial charge in [0.2, 0.25) is 11.8 Å². The van der Waals surface area contributed by atoms with Gasteiger partial charge < -0.3 is 20.3 Å². The zero-order valence-electron chi connectivity index (χ0n) is 14.0. The van der Waals surface area contributed by atoms with E-state index in [0.29, 0.717) is 13.2 Å². The monoisotopic (exact) mass is 319 g/mol. The molecular formula is C17H25N3O3. The van der Waals surface area contributed by atoms with Crippen LogP contribution in [0.5, 0.6) is 0 Å². The normalized spacial score (nSPS) is 15.2. The van der Waals surface area contributed by atoms with E-state index in [2.05, 4.69) is 15.5 Å². The highest BCUT2D eigenvalue weighted by molar-refractivity contribution is 5.97. The fourth-order valence-corrected chi connectivity index (χ4v) is 2.28. The molecule has 0 unspecified atom stereocenters. The highest BCUT2D eigenvalue weighted by Gasteiger charge is 2.22. The zero-order chi connectivity index (χ0) is 16.9. The summed E-state index contributed by atoms with van der Waals surface area (Å²) in [4.78, 5) is 26.1. The fraction of sp³-hybridized carbons (Fsp3) is 0.529. The maximum Gasteiger partial charge on any atom is 0.243 e. The molecule has 2 rings (SSSR count). The van der Waals surface area contributed by atoms with E-state index in [9.17, 15) is 9.59 Å². The topological polar surface area (TPSA) is 70.7 Å². The third-order valence-electron chi connectivity index (χ3n) is 3.62. The number of hydrogen-bond donors (Lipinski definition) is 2. The summed E-state index contributed by atoms with van der Waals surface area (Å²) in [7, 11) is 0. The van der Waals surface area contributed by atoms with Crippen LogP contribution in [0.25, 0.3) is 0 Å². The maximum absolute atomic E-state index is 12.1. The van der Waals surface area contributed by atoms with Gasteiger partial charge in [0.15, 0.2) is 0 Å². The van der Waals surface area contributed by atoms with Crippen molar-refractivity contribution in [2.45, 2.75) is 20.8 Å². The predicted octanol–water partition coefficient (Wildman–Crippen LogP) is 1.62. The zero-order valence-corrected chi connectivity index (χ0v) is 14.0. The minimum absolute atomic E-state index is 0.0342. The van der Waals surface area contributed by atoms with E-state index in [4.69, 9.17) is 4.74 Å². The van der Waals surface area contributed by atoms with Crippen LogP contribution in [-0.2, 0) is 14.3 Å². The second kappa shape index (κ2) is 7.46. The number of carbonyl (C=O) groups excluding carboxylic acids is 2. The van der Waals surface area contributed by atoms with Gasteiger partial charge in [0, 0.05) is 18.5 Å². The van der Waals surface area contributed by atoms with Crippen LogP contribution in [-0.4, -0.2) is 44.7 Å². The second-order valence-electron chi connectivity index (χ2n) is 6.60. The lowest BCUT2D eigenvalue weighted by Crippen LogP contribution is -2.40. The second-order valence-corrected chi connectivity index (χ2v) is 6.60. The number of nitrogens with zero attached hydrogens (tertiary/aromatic N) is 1. The number of hydrogen-bond acceptors (Lipinski definition) is 4. The van der Waals surface area contributed by atoms with E-state index in [0.717, 1.165) is 24.5 Å². The van der Waals surface area contributed by atoms with Gasteiger partial charge >= 0.3 is 0 Å². The molecule has 0 spiro atoms. The molecule has 1 aliphatic rings. The van der Waals surface area contributed by atoms with Crippen molar-refractivity contribution in [2.75, 3.05) is 43.1 Å². The first-order valence-electron chi connectivity index (χ1n) is 7.88. The minimum atomic E-state index is -0.508. The number of anilines is 2. The lowest BCUT2D eigenvalue weighted by molar-refractivity contribution is -0.130. The molecule has 0 atom stereocenters. The molecule has 0 aromatic heterocycles. The molecule has 0 aliphatic carbocycles. The largest absolute Gasteiger partial charge is 0.378 e. The van der Waals surface area contributed by atoms with Gasteiger partial charge in [-0.2, -0.15) is 0 Å². The number of nitrogens with one attached hydrogen (secondary N) is 2. The van der Waals surface area contributed by atoms with Crippen LogP contribution in [0.1, 0.15) is 20.8 Å². The number of amides is 2. The van der Waals surface area contributed by atoms with Crippen LogP contribution < -0.4 is 15.5 Å². The van der Waals surface area contributed by atoms with Crippen molar-refractivity contribution in [3.8, 4) is 0 Å². The van der Waals surface area contributed by atoms with Crippen molar-refractivity contribution in [1.82, 2.24) is 5.32 Å². The summed E-state index contributed by atoms with van der Waals surface area (Å²) in [5, 5.41) is 5.54. The first kappa shape index (κ1) is 17.3. The number of carbonyl (C=O) groups is 2. The summed E-state index contributed by atoms with van der Waals surface area (Å²) in [5.74, 6) is -0.377. The Balaban J connectivity index is 1.97. The number of rotatable bonds is 4. The molecular weight excluding hydrogens is 294 g/mol. The minimum Gasteiger partial charge on any atom is -0.378 e. The van der Waals surface area contributed by atoms with E-state index in [1.807, 2.05) is 45.0 Å². The van der Waals surface area contributed by atoms with Gasteiger partial charge in [-0.05, 0) is 12.1 Å². The SMILES string of the molecule is CC(C)(C)C(=O)NCC(=O)Nc1ccccc1N1CCOCC1. The third-order valence-corrected chi connectivity index (χ3v) is 3.62. The van der Waals surface area contributed by atoms with E-state index in [1.54, 1.807) is 0 Å². The molecule has 1 aliphatic heterocycles. The van der Waals surface area contributed by atoms with Gasteiger partial charge in [0.25, 0.3) is 0 Å². The van der Waals surface area contributed by atoms with E-state index < -0.39 is 5.41 Å². The van der Waals surface area contributed by atoms with Crippen LogP contribution in [0.15, 0.2) is 24.3 Å². The molecule has 2 amide bonds. The van der Waals surface area contributed by atoms with Crippen molar-refractivity contribution in [3.05, 3.63) is 24.3 Å². The Morgan fingerprint density at radius 2 is 1.83 bits per heavy atom. The lowest BCUT2D eigenvalue weighted by Gasteiger charge is -2.30. The first-order valence-corrected chi connectivity index (χ1v) is 7.88. The molecule has 6 nitrogen and oxygen atoms in total. The van der Waals surface area contributed by atoms with Crippen LogP contribution >= 0.6 is 0 Å². The predicted molar refractivity (Wildman–Crippen MR) is 90.6 cm³/mol. The van der Waals surface area contributed by atoms with E-state index >= 15 is 0 Å². The molecule has 1 saturated heterocycles. The van der Waals surface area contributed by atoms with Gasteiger partial charge in [-0.1, -0.05) is 32.9 Å². The van der Waals surface area contributed by atoms with Crippen LogP contribution in [0.4, 0.5) is 11.4 Å². The van der Waals surface area contributed by atoms with Crippen LogP contribution in [0.3, 0.4) is 0 Å². The van der Waals surface area contributed by atoms with Gasteiger partial charge in [-0.3, -0.25) is 9.59 Å². The standard InChI is InChI=1S/C17H25N3O3/c1-17(2,3)16(22)18-12-15(21)19-13-6-4-5-7-14(13)20-8-10-23-11-9-20/h4-7H,8-12H2,1-3H3,(H,18,22)(H,19,21). The molecule has 126 valence electrons. The first-order chi connectivity index (χ1) is 10.9. The summed E-state index contributed by atoms with van der Waals surface area (Å²) in [5.41, 5.74) is 1.22. The van der Waals surface area contributed by atoms with Crippen molar-refractivity contribution < 1.29 is 14.3 Å². The molecule has 1 fully saturated rings. The molecule has 1 aromatic carbocycles. The van der Waals surface area contributed by atoms with Crippen molar-refractivity contribution in [1.29, 1.82) is 0 Å². The molecule has 1 aromatic rings. The molecule has 6 heteroatoms.